The van der Waals surface area contributed by atoms with Gasteiger partial charge in [0.2, 0.25) is 0 Å². The van der Waals surface area contributed by atoms with Gasteiger partial charge in [-0.2, -0.15) is 5.10 Å². The molecule has 0 spiro atoms. The summed E-state index contributed by atoms with van der Waals surface area (Å²) in [5, 5.41) is 8.36. The number of imidazole rings is 1. The third-order valence-electron chi connectivity index (χ3n) is 6.82. The second-order valence-corrected chi connectivity index (χ2v) is 9.43. The molecule has 0 unspecified atom stereocenters. The molecule has 3 aromatic heterocycles. The number of fused-ring (bicyclic) bond motifs is 1. The zero-order chi connectivity index (χ0) is 23.8. The summed E-state index contributed by atoms with van der Waals surface area (Å²) >= 11 is 0. The monoisotopic (exact) mass is 473 g/mol. The maximum atomic E-state index is 5.62. The van der Waals surface area contributed by atoms with E-state index in [-0.39, 0.29) is 0 Å². The number of ether oxygens (including phenoxy) is 2. The molecule has 1 aromatic carbocycles. The van der Waals surface area contributed by atoms with Crippen LogP contribution in [0.4, 0.5) is 5.69 Å². The first-order chi connectivity index (χ1) is 17.2. The minimum absolute atomic E-state index is 0.443. The van der Waals surface area contributed by atoms with Gasteiger partial charge in [-0.1, -0.05) is 23.8 Å². The Balaban J connectivity index is 1.49. The van der Waals surface area contributed by atoms with Crippen molar-refractivity contribution in [1.82, 2.24) is 29.6 Å². The molecule has 0 aliphatic carbocycles. The van der Waals surface area contributed by atoms with E-state index in [1.165, 1.54) is 5.56 Å². The lowest BCUT2D eigenvalue weighted by Crippen LogP contribution is -2.44. The normalized spacial score (nSPS) is 16.7. The van der Waals surface area contributed by atoms with Crippen molar-refractivity contribution in [3.8, 4) is 17.1 Å². The van der Waals surface area contributed by atoms with E-state index in [2.05, 4.69) is 58.1 Å². The molecule has 0 bridgehead atoms. The van der Waals surface area contributed by atoms with Crippen molar-refractivity contribution in [2.45, 2.75) is 20.1 Å². The van der Waals surface area contributed by atoms with Crippen molar-refractivity contribution < 1.29 is 9.47 Å². The molecular formula is C26H31N7O2. The Hall–Kier alpha value is -3.27. The van der Waals surface area contributed by atoms with E-state index in [1.54, 1.807) is 7.11 Å². The van der Waals surface area contributed by atoms with Crippen LogP contribution in [0.2, 0.25) is 0 Å². The molecule has 2 aliphatic heterocycles. The van der Waals surface area contributed by atoms with Crippen LogP contribution in [0.5, 0.6) is 0 Å². The number of pyridine rings is 1. The average Bonchev–Trinajstić information content (AvgIpc) is 3.46. The third-order valence-corrected chi connectivity index (χ3v) is 6.82. The zero-order valence-electron chi connectivity index (χ0n) is 20.3. The number of rotatable bonds is 7. The van der Waals surface area contributed by atoms with Crippen LogP contribution in [0, 0.1) is 12.8 Å². The van der Waals surface area contributed by atoms with Crippen LogP contribution in [0.15, 0.2) is 42.7 Å². The molecule has 0 radical (unpaired) electrons. The predicted molar refractivity (Wildman–Crippen MR) is 135 cm³/mol. The molecule has 182 valence electrons. The van der Waals surface area contributed by atoms with Gasteiger partial charge >= 0.3 is 0 Å². The number of morpholine rings is 1. The molecule has 0 saturated carbocycles. The molecule has 9 nitrogen and oxygen atoms in total. The predicted octanol–water partition coefficient (Wildman–Crippen LogP) is 2.79. The number of aromatic nitrogens is 5. The lowest BCUT2D eigenvalue weighted by Gasteiger charge is -2.29. The van der Waals surface area contributed by atoms with Gasteiger partial charge in [0.05, 0.1) is 43.2 Å². The molecule has 6 rings (SSSR count). The van der Waals surface area contributed by atoms with Crippen LogP contribution in [-0.2, 0) is 22.6 Å². The largest absolute Gasteiger partial charge is 0.378 e. The van der Waals surface area contributed by atoms with Crippen molar-refractivity contribution in [3.05, 3.63) is 54.0 Å². The highest BCUT2D eigenvalue weighted by Crippen LogP contribution is 2.30. The number of hydrogen-bond acceptors (Lipinski definition) is 7. The van der Waals surface area contributed by atoms with Gasteiger partial charge in [0.1, 0.15) is 5.52 Å². The first-order valence-electron chi connectivity index (χ1n) is 12.2. The van der Waals surface area contributed by atoms with E-state index in [9.17, 15) is 0 Å². The van der Waals surface area contributed by atoms with Crippen LogP contribution < -0.4 is 10.2 Å². The fourth-order valence-corrected chi connectivity index (χ4v) is 4.86. The van der Waals surface area contributed by atoms with E-state index in [0.29, 0.717) is 25.7 Å². The fourth-order valence-electron chi connectivity index (χ4n) is 4.86. The standard InChI is InChI=1S/C26H31N7O2/c1-18-4-3-5-20(10-18)22-11-21(16-34-2)33(30-22)24-12-23(31-6-8-35-9-7-31)25-26(29-24)32(17-28-25)15-19-13-27-14-19/h3-5,10-12,17,19,27H,6-9,13-16H2,1-2H3. The first kappa shape index (κ1) is 22.2. The quantitative estimate of drug-likeness (QED) is 0.442. The van der Waals surface area contributed by atoms with Gasteiger partial charge in [-0.25, -0.2) is 14.6 Å². The van der Waals surface area contributed by atoms with Crippen molar-refractivity contribution in [3.63, 3.8) is 0 Å². The minimum atomic E-state index is 0.443. The fraction of sp³-hybridized carbons (Fsp3) is 0.423. The maximum absolute atomic E-state index is 5.62. The lowest BCUT2D eigenvalue weighted by molar-refractivity contribution is 0.123. The van der Waals surface area contributed by atoms with Gasteiger partial charge in [-0.05, 0) is 19.1 Å². The number of aryl methyl sites for hydroxylation is 1. The number of anilines is 1. The Morgan fingerprint density at radius 1 is 1.14 bits per heavy atom. The lowest BCUT2D eigenvalue weighted by atomic mass is 10.0. The molecule has 1 N–H and O–H groups in total. The molecule has 4 aromatic rings. The number of nitrogens with one attached hydrogen (secondary N) is 1. The third kappa shape index (κ3) is 4.31. The molecule has 0 amide bonds. The summed E-state index contributed by atoms with van der Waals surface area (Å²) < 4.78 is 15.3. The van der Waals surface area contributed by atoms with Gasteiger partial charge in [0.15, 0.2) is 11.5 Å². The van der Waals surface area contributed by atoms with Crippen LogP contribution in [0.3, 0.4) is 0 Å². The Labute approximate surface area is 204 Å². The van der Waals surface area contributed by atoms with Crippen LogP contribution in [0.1, 0.15) is 11.3 Å². The summed E-state index contributed by atoms with van der Waals surface area (Å²) in [5.41, 5.74) is 7.05. The van der Waals surface area contributed by atoms with Crippen LogP contribution in [0.25, 0.3) is 28.2 Å². The van der Waals surface area contributed by atoms with Crippen LogP contribution in [-0.4, -0.2) is 70.8 Å². The summed E-state index contributed by atoms with van der Waals surface area (Å²) in [5.74, 6) is 1.38. The SMILES string of the molecule is COCc1cc(-c2cccc(C)c2)nn1-c1cc(N2CCOCC2)c2ncn(CC3CNC3)c2n1. The van der Waals surface area contributed by atoms with Crippen molar-refractivity contribution in [1.29, 1.82) is 0 Å². The Morgan fingerprint density at radius 3 is 2.74 bits per heavy atom. The summed E-state index contributed by atoms with van der Waals surface area (Å²) in [6, 6.07) is 12.6. The number of nitrogens with zero attached hydrogens (tertiary/aromatic N) is 6. The van der Waals surface area contributed by atoms with Gasteiger partial charge in [-0.3, -0.25) is 0 Å². The second-order valence-electron chi connectivity index (χ2n) is 9.43. The molecule has 2 saturated heterocycles. The Kier molecular flexibility index (Phi) is 5.97. The van der Waals surface area contributed by atoms with Gasteiger partial charge < -0.3 is 24.3 Å². The second kappa shape index (κ2) is 9.41. The highest BCUT2D eigenvalue weighted by molar-refractivity contribution is 5.87. The number of methoxy groups -OCH3 is 1. The van der Waals surface area contributed by atoms with Gasteiger partial charge in [0, 0.05) is 57.4 Å². The summed E-state index contributed by atoms with van der Waals surface area (Å²) in [4.78, 5) is 12.3. The molecule has 35 heavy (non-hydrogen) atoms. The highest BCUT2D eigenvalue weighted by atomic mass is 16.5. The van der Waals surface area contributed by atoms with E-state index in [4.69, 9.17) is 24.5 Å². The van der Waals surface area contributed by atoms with E-state index in [0.717, 1.165) is 72.3 Å². The number of hydrogen-bond donors (Lipinski definition) is 1. The first-order valence-corrected chi connectivity index (χ1v) is 12.2. The topological polar surface area (TPSA) is 82.3 Å². The van der Waals surface area contributed by atoms with Crippen molar-refractivity contribution in [2.75, 3.05) is 51.4 Å². The van der Waals surface area contributed by atoms with Gasteiger partial charge in [-0.15, -0.1) is 0 Å². The molecule has 0 atom stereocenters. The number of benzene rings is 1. The van der Waals surface area contributed by atoms with Crippen molar-refractivity contribution in [2.24, 2.45) is 5.92 Å². The smallest absolute Gasteiger partial charge is 0.164 e. The van der Waals surface area contributed by atoms with E-state index >= 15 is 0 Å². The van der Waals surface area contributed by atoms with E-state index in [1.807, 2.05) is 11.0 Å². The summed E-state index contributed by atoms with van der Waals surface area (Å²) in [7, 11) is 1.71. The van der Waals surface area contributed by atoms with Crippen molar-refractivity contribution >= 4 is 16.9 Å². The molecule has 9 heteroatoms. The zero-order valence-corrected chi connectivity index (χ0v) is 20.3. The Morgan fingerprint density at radius 2 is 2.00 bits per heavy atom. The molecular weight excluding hydrogens is 442 g/mol. The molecule has 5 heterocycles. The maximum Gasteiger partial charge on any atom is 0.164 e. The minimum Gasteiger partial charge on any atom is -0.378 e. The average molecular weight is 474 g/mol. The van der Waals surface area contributed by atoms with Crippen LogP contribution >= 0.6 is 0 Å². The molecule has 2 fully saturated rings. The van der Waals surface area contributed by atoms with E-state index < -0.39 is 0 Å². The highest BCUT2D eigenvalue weighted by Gasteiger charge is 2.23. The van der Waals surface area contributed by atoms with Gasteiger partial charge in [0.25, 0.3) is 0 Å². The Bertz CT molecular complexity index is 1330. The summed E-state index contributed by atoms with van der Waals surface area (Å²) in [6.45, 7) is 8.59. The summed E-state index contributed by atoms with van der Waals surface area (Å²) in [6.07, 6.45) is 1.93. The molecule has 2 aliphatic rings.